The topological polar surface area (TPSA) is 66.5 Å². The molecule has 0 aliphatic carbocycles. The van der Waals surface area contributed by atoms with Gasteiger partial charge in [-0.15, -0.1) is 0 Å². The van der Waals surface area contributed by atoms with Crippen LogP contribution in [0.25, 0.3) is 11.4 Å². The van der Waals surface area contributed by atoms with Crippen molar-refractivity contribution in [2.24, 2.45) is 0 Å². The van der Waals surface area contributed by atoms with Crippen LogP contribution in [0.3, 0.4) is 0 Å². The number of benzene rings is 1. The van der Waals surface area contributed by atoms with E-state index in [0.29, 0.717) is 5.82 Å². The molecule has 2 N–H and O–H groups in total. The quantitative estimate of drug-likeness (QED) is 0.769. The van der Waals surface area contributed by atoms with Gasteiger partial charge >= 0.3 is 0 Å². The summed E-state index contributed by atoms with van der Waals surface area (Å²) in [5.41, 5.74) is 4.14. The van der Waals surface area contributed by atoms with Crippen LogP contribution in [0.15, 0.2) is 36.4 Å². The fourth-order valence-electron chi connectivity index (χ4n) is 2.08. The fourth-order valence-corrected chi connectivity index (χ4v) is 2.08. The summed E-state index contributed by atoms with van der Waals surface area (Å²) in [5.74, 6) is 2.20. The van der Waals surface area contributed by atoms with Crippen molar-refractivity contribution in [2.75, 3.05) is 5.32 Å². The number of aromatic amines is 1. The lowest BCUT2D eigenvalue weighted by molar-refractivity contribution is 1.04. The van der Waals surface area contributed by atoms with E-state index in [9.17, 15) is 0 Å². The van der Waals surface area contributed by atoms with Crippen molar-refractivity contribution in [1.29, 1.82) is 0 Å². The Morgan fingerprint density at radius 2 is 1.67 bits per heavy atom. The van der Waals surface area contributed by atoms with Gasteiger partial charge in [0.05, 0.1) is 0 Å². The van der Waals surface area contributed by atoms with Crippen LogP contribution in [0, 0.1) is 20.8 Å². The third-order valence-corrected chi connectivity index (χ3v) is 3.13. The minimum Gasteiger partial charge on any atom is -0.323 e. The Kier molecular flexibility index (Phi) is 3.39. The zero-order chi connectivity index (χ0) is 14.8. The molecular formula is C16H17N5. The average molecular weight is 279 g/mol. The van der Waals surface area contributed by atoms with Gasteiger partial charge in [0.25, 0.3) is 0 Å². The largest absolute Gasteiger partial charge is 0.323 e. The summed E-state index contributed by atoms with van der Waals surface area (Å²) in [7, 11) is 0. The van der Waals surface area contributed by atoms with E-state index >= 15 is 0 Å². The minimum atomic E-state index is 0.713. The Bertz CT molecular complexity index is 759. The number of hydrogen-bond acceptors (Lipinski definition) is 4. The monoisotopic (exact) mass is 279 g/mol. The smallest absolute Gasteiger partial charge is 0.161 e. The third kappa shape index (κ3) is 3.08. The predicted octanol–water partition coefficient (Wildman–Crippen LogP) is 3.54. The molecule has 0 saturated heterocycles. The van der Waals surface area contributed by atoms with Crippen LogP contribution in [0.5, 0.6) is 0 Å². The molecule has 2 heterocycles. The maximum absolute atomic E-state index is 4.56. The zero-order valence-corrected chi connectivity index (χ0v) is 12.3. The molecule has 0 bridgehead atoms. The van der Waals surface area contributed by atoms with Gasteiger partial charge in [-0.05, 0) is 20.8 Å². The Morgan fingerprint density at radius 3 is 2.33 bits per heavy atom. The fraction of sp³-hybridized carbons (Fsp3) is 0.188. The van der Waals surface area contributed by atoms with Crippen molar-refractivity contribution >= 4 is 11.6 Å². The lowest BCUT2D eigenvalue weighted by atomic mass is 10.1. The van der Waals surface area contributed by atoms with Crippen LogP contribution >= 0.6 is 0 Å². The van der Waals surface area contributed by atoms with Crippen molar-refractivity contribution in [3.8, 4) is 11.4 Å². The standard InChI is InChI=1S/C16H17N5/c1-10-4-6-13(7-5-10)16-17-11(2)8-14(19-16)18-15-9-12(3)20-21-15/h4-9H,1-3H3,(H2,17,18,19,20,21). The van der Waals surface area contributed by atoms with Crippen LogP contribution < -0.4 is 5.32 Å². The summed E-state index contributed by atoms with van der Waals surface area (Å²) < 4.78 is 0. The number of aryl methyl sites for hydroxylation is 3. The van der Waals surface area contributed by atoms with E-state index in [0.717, 1.165) is 28.6 Å². The second kappa shape index (κ2) is 5.36. The number of nitrogens with zero attached hydrogens (tertiary/aromatic N) is 3. The van der Waals surface area contributed by atoms with Gasteiger partial charge in [-0.25, -0.2) is 9.97 Å². The van der Waals surface area contributed by atoms with Crippen molar-refractivity contribution in [3.05, 3.63) is 53.3 Å². The maximum Gasteiger partial charge on any atom is 0.161 e. The van der Waals surface area contributed by atoms with E-state index in [1.165, 1.54) is 5.56 Å². The second-order valence-electron chi connectivity index (χ2n) is 5.15. The summed E-state index contributed by atoms with van der Waals surface area (Å²) in [5, 5.41) is 10.3. The zero-order valence-electron chi connectivity index (χ0n) is 12.3. The molecule has 0 unspecified atom stereocenters. The van der Waals surface area contributed by atoms with E-state index in [4.69, 9.17) is 0 Å². The Balaban J connectivity index is 1.94. The van der Waals surface area contributed by atoms with Crippen molar-refractivity contribution < 1.29 is 0 Å². The van der Waals surface area contributed by atoms with Crippen molar-refractivity contribution in [1.82, 2.24) is 20.2 Å². The Morgan fingerprint density at radius 1 is 0.905 bits per heavy atom. The van der Waals surface area contributed by atoms with E-state index in [2.05, 4.69) is 44.5 Å². The van der Waals surface area contributed by atoms with Gasteiger partial charge in [0.2, 0.25) is 0 Å². The molecular weight excluding hydrogens is 262 g/mol. The van der Waals surface area contributed by atoms with Crippen LogP contribution in [0.2, 0.25) is 0 Å². The number of nitrogens with one attached hydrogen (secondary N) is 2. The first-order valence-electron chi connectivity index (χ1n) is 6.82. The highest BCUT2D eigenvalue weighted by Gasteiger charge is 2.06. The molecule has 0 saturated carbocycles. The highest BCUT2D eigenvalue weighted by molar-refractivity contribution is 5.60. The maximum atomic E-state index is 4.56. The molecule has 3 rings (SSSR count). The number of anilines is 2. The van der Waals surface area contributed by atoms with Crippen LogP contribution in [-0.2, 0) is 0 Å². The molecule has 3 aromatic rings. The van der Waals surface area contributed by atoms with E-state index < -0.39 is 0 Å². The van der Waals surface area contributed by atoms with E-state index in [1.54, 1.807) is 0 Å². The lowest BCUT2D eigenvalue weighted by Crippen LogP contribution is -1.99. The van der Waals surface area contributed by atoms with Gasteiger partial charge in [-0.1, -0.05) is 29.8 Å². The molecule has 0 aliphatic rings. The molecule has 5 heteroatoms. The summed E-state index contributed by atoms with van der Waals surface area (Å²) >= 11 is 0. The molecule has 0 amide bonds. The molecule has 2 aromatic heterocycles. The normalized spacial score (nSPS) is 10.6. The highest BCUT2D eigenvalue weighted by atomic mass is 15.2. The lowest BCUT2D eigenvalue weighted by Gasteiger charge is -2.07. The Hall–Kier alpha value is -2.69. The first kappa shape index (κ1) is 13.3. The molecule has 0 radical (unpaired) electrons. The summed E-state index contributed by atoms with van der Waals surface area (Å²) in [6.07, 6.45) is 0. The van der Waals surface area contributed by atoms with E-state index in [1.807, 2.05) is 38.1 Å². The van der Waals surface area contributed by atoms with Gasteiger partial charge in [0, 0.05) is 29.1 Å². The first-order valence-corrected chi connectivity index (χ1v) is 6.82. The van der Waals surface area contributed by atoms with Gasteiger partial charge < -0.3 is 5.32 Å². The number of hydrogen-bond donors (Lipinski definition) is 2. The molecule has 5 nitrogen and oxygen atoms in total. The number of rotatable bonds is 3. The molecule has 1 aromatic carbocycles. The minimum absolute atomic E-state index is 0.713. The van der Waals surface area contributed by atoms with Crippen molar-refractivity contribution in [3.63, 3.8) is 0 Å². The first-order chi connectivity index (χ1) is 10.1. The summed E-state index contributed by atoms with van der Waals surface area (Å²) in [6, 6.07) is 12.0. The summed E-state index contributed by atoms with van der Waals surface area (Å²) in [4.78, 5) is 9.06. The van der Waals surface area contributed by atoms with Gasteiger partial charge in [-0.3, -0.25) is 5.10 Å². The van der Waals surface area contributed by atoms with Crippen molar-refractivity contribution in [2.45, 2.75) is 20.8 Å². The number of H-pyrrole nitrogens is 1. The van der Waals surface area contributed by atoms with Gasteiger partial charge in [0.1, 0.15) is 5.82 Å². The molecule has 0 fully saturated rings. The average Bonchev–Trinajstić information content (AvgIpc) is 2.84. The molecule has 106 valence electrons. The molecule has 0 aliphatic heterocycles. The SMILES string of the molecule is Cc1ccc(-c2nc(C)cc(Nc3cc(C)[nH]n3)n2)cc1. The number of aromatic nitrogens is 4. The summed E-state index contributed by atoms with van der Waals surface area (Å²) in [6.45, 7) is 5.98. The molecule has 0 atom stereocenters. The Labute approximate surface area is 123 Å². The van der Waals surface area contributed by atoms with Crippen LogP contribution in [0.1, 0.15) is 17.0 Å². The van der Waals surface area contributed by atoms with Gasteiger partial charge in [0.15, 0.2) is 11.6 Å². The molecule has 0 spiro atoms. The molecule has 21 heavy (non-hydrogen) atoms. The highest BCUT2D eigenvalue weighted by Crippen LogP contribution is 2.20. The van der Waals surface area contributed by atoms with Gasteiger partial charge in [-0.2, -0.15) is 5.10 Å². The van der Waals surface area contributed by atoms with E-state index in [-0.39, 0.29) is 0 Å². The second-order valence-corrected chi connectivity index (χ2v) is 5.15. The van der Waals surface area contributed by atoms with Crippen LogP contribution in [-0.4, -0.2) is 20.2 Å². The predicted molar refractivity (Wildman–Crippen MR) is 83.5 cm³/mol. The third-order valence-electron chi connectivity index (χ3n) is 3.13. The van der Waals surface area contributed by atoms with Crippen LogP contribution in [0.4, 0.5) is 11.6 Å².